The Kier molecular flexibility index (Phi) is 7.43. The van der Waals surface area contributed by atoms with Crippen molar-refractivity contribution in [2.24, 2.45) is 0 Å². The van der Waals surface area contributed by atoms with Gasteiger partial charge in [0.2, 0.25) is 5.91 Å². The second-order valence-electron chi connectivity index (χ2n) is 8.44. The van der Waals surface area contributed by atoms with E-state index in [2.05, 4.69) is 11.1 Å². The number of likely N-dealkylation sites (tertiary alicyclic amines) is 1. The minimum Gasteiger partial charge on any atom is -0.350 e. The highest BCUT2D eigenvalue weighted by molar-refractivity contribution is 6.30. The van der Waals surface area contributed by atoms with E-state index in [4.69, 9.17) is 11.6 Å². The van der Waals surface area contributed by atoms with Crippen molar-refractivity contribution in [3.63, 3.8) is 0 Å². The van der Waals surface area contributed by atoms with Gasteiger partial charge in [0.25, 0.3) is 5.91 Å². The monoisotopic (exact) mass is 462 g/mol. The maximum atomic E-state index is 13.6. The number of quaternary nitrogens is 1. The number of nitrogens with one attached hydrogen (secondary N) is 1. The number of halogens is 1. The molecule has 5 nitrogen and oxygen atoms in total. The molecule has 0 saturated carbocycles. The Bertz CT molecular complexity index is 1050. The van der Waals surface area contributed by atoms with Gasteiger partial charge in [-0.25, -0.2) is 0 Å². The summed E-state index contributed by atoms with van der Waals surface area (Å²) in [7, 11) is 0. The van der Waals surface area contributed by atoms with Crippen LogP contribution in [0.3, 0.4) is 0 Å². The summed E-state index contributed by atoms with van der Waals surface area (Å²) in [5.74, 6) is -0.409. The van der Waals surface area contributed by atoms with Crippen LogP contribution in [0, 0.1) is 0 Å². The summed E-state index contributed by atoms with van der Waals surface area (Å²) in [5, 5.41) is 3.60. The molecule has 4 rings (SSSR count). The Labute approximate surface area is 199 Å². The Morgan fingerprint density at radius 1 is 0.970 bits per heavy atom. The number of rotatable bonds is 7. The first-order chi connectivity index (χ1) is 16.0. The van der Waals surface area contributed by atoms with Gasteiger partial charge < -0.3 is 16.0 Å². The van der Waals surface area contributed by atoms with Crippen LogP contribution in [0.2, 0.25) is 5.02 Å². The Morgan fingerprint density at radius 3 is 2.21 bits per heavy atom. The van der Waals surface area contributed by atoms with Crippen molar-refractivity contribution in [3.8, 4) is 0 Å². The Balaban J connectivity index is 1.50. The quantitative estimate of drug-likeness (QED) is 0.564. The van der Waals surface area contributed by atoms with Crippen LogP contribution in [0.4, 0.5) is 0 Å². The van der Waals surface area contributed by atoms with Gasteiger partial charge in [-0.05, 0) is 41.7 Å². The smallest absolute Gasteiger partial charge is 0.282 e. The minimum atomic E-state index is -0.545. The summed E-state index contributed by atoms with van der Waals surface area (Å²) in [6.07, 6.45) is 1.45. The number of nitrogens with zero attached hydrogens (tertiary/aromatic N) is 1. The Hall–Kier alpha value is -3.15. The van der Waals surface area contributed by atoms with E-state index in [1.807, 2.05) is 78.9 Å². The topological polar surface area (TPSA) is 77.1 Å². The lowest BCUT2D eigenvalue weighted by Gasteiger charge is -2.29. The molecule has 1 aliphatic heterocycles. The van der Waals surface area contributed by atoms with Crippen LogP contribution in [0.5, 0.6) is 0 Å². The van der Waals surface area contributed by atoms with E-state index in [1.165, 1.54) is 0 Å². The number of hydrogen-bond acceptors (Lipinski definition) is 2. The molecule has 0 unspecified atom stereocenters. The number of benzene rings is 3. The molecule has 2 amide bonds. The minimum absolute atomic E-state index is 0.0897. The van der Waals surface area contributed by atoms with Crippen molar-refractivity contribution in [1.82, 2.24) is 10.2 Å². The van der Waals surface area contributed by atoms with Crippen LogP contribution >= 0.6 is 11.6 Å². The summed E-state index contributed by atoms with van der Waals surface area (Å²) in [6, 6.07) is 26.3. The number of hydrogen-bond donors (Lipinski definition) is 2. The molecule has 0 aromatic heterocycles. The molecule has 0 aliphatic carbocycles. The van der Waals surface area contributed by atoms with Crippen LogP contribution in [0.15, 0.2) is 84.9 Å². The van der Waals surface area contributed by atoms with Gasteiger partial charge in [-0.1, -0.05) is 84.4 Å². The first-order valence-corrected chi connectivity index (χ1v) is 11.7. The maximum absolute atomic E-state index is 13.6. The van der Waals surface area contributed by atoms with E-state index in [0.29, 0.717) is 24.5 Å². The molecule has 3 aromatic carbocycles. The zero-order valence-corrected chi connectivity index (χ0v) is 19.2. The van der Waals surface area contributed by atoms with Crippen molar-refractivity contribution >= 4 is 23.4 Å². The summed E-state index contributed by atoms with van der Waals surface area (Å²) >= 11 is 6.04. The van der Waals surface area contributed by atoms with Gasteiger partial charge in [0, 0.05) is 18.1 Å². The zero-order valence-electron chi connectivity index (χ0n) is 18.5. The lowest BCUT2D eigenvalue weighted by Crippen LogP contribution is -2.71. The fraction of sp³-hybridized carbons (Fsp3) is 0.259. The van der Waals surface area contributed by atoms with Gasteiger partial charge in [0.1, 0.15) is 6.04 Å². The highest BCUT2D eigenvalue weighted by Crippen LogP contribution is 2.29. The predicted molar refractivity (Wildman–Crippen MR) is 129 cm³/mol. The third-order valence-electron chi connectivity index (χ3n) is 6.23. The van der Waals surface area contributed by atoms with E-state index in [-0.39, 0.29) is 17.7 Å². The normalized spacial score (nSPS) is 16.6. The van der Waals surface area contributed by atoms with Crippen molar-refractivity contribution < 1.29 is 15.3 Å². The average Bonchev–Trinajstić information content (AvgIpc) is 3.34. The second-order valence-corrected chi connectivity index (χ2v) is 8.88. The third kappa shape index (κ3) is 5.44. The highest BCUT2D eigenvalue weighted by Gasteiger charge is 2.41. The fourth-order valence-electron chi connectivity index (χ4n) is 4.59. The van der Waals surface area contributed by atoms with Gasteiger partial charge in [0.15, 0.2) is 6.04 Å². The van der Waals surface area contributed by atoms with E-state index in [1.54, 1.807) is 11.0 Å². The molecular weight excluding hydrogens is 434 g/mol. The molecule has 0 bridgehead atoms. The summed E-state index contributed by atoms with van der Waals surface area (Å²) in [6.45, 7) is 0.943. The predicted octanol–water partition coefficient (Wildman–Crippen LogP) is 3.39. The van der Waals surface area contributed by atoms with E-state index in [0.717, 1.165) is 23.1 Å². The molecule has 0 radical (unpaired) electrons. The third-order valence-corrected chi connectivity index (χ3v) is 6.47. The van der Waals surface area contributed by atoms with Crippen molar-refractivity contribution in [3.05, 3.63) is 107 Å². The molecule has 4 N–H and O–H groups in total. The lowest BCUT2D eigenvalue weighted by atomic mass is 9.84. The molecule has 170 valence electrons. The maximum Gasteiger partial charge on any atom is 0.282 e. The van der Waals surface area contributed by atoms with E-state index in [9.17, 15) is 9.59 Å². The van der Waals surface area contributed by atoms with Crippen LogP contribution < -0.4 is 11.1 Å². The standard InChI is InChI=1S/C27H28ClN3O2/c28-22-14-7-9-19(17-22)18-30-26(32)23-15-8-16-31(23)27(33)25(29)24(20-10-3-1-4-11-20)21-12-5-2-6-13-21/h1-7,9-14,17,23-25H,8,15-16,18,29H2,(H,30,32)/p+1/t23-,25+/m0/s1. The number of carbonyl (C=O) groups is 2. The van der Waals surface area contributed by atoms with Crippen molar-refractivity contribution in [2.75, 3.05) is 6.54 Å². The van der Waals surface area contributed by atoms with Gasteiger partial charge in [0.05, 0.1) is 5.92 Å². The molecule has 1 aliphatic rings. The molecule has 1 saturated heterocycles. The first-order valence-electron chi connectivity index (χ1n) is 11.3. The van der Waals surface area contributed by atoms with Gasteiger partial charge in [-0.2, -0.15) is 0 Å². The highest BCUT2D eigenvalue weighted by atomic mass is 35.5. The SMILES string of the molecule is [NH3+][C@@H](C(=O)N1CCC[C@H]1C(=O)NCc1cccc(Cl)c1)C(c1ccccc1)c1ccccc1. The number of carbonyl (C=O) groups excluding carboxylic acids is 2. The van der Waals surface area contributed by atoms with Gasteiger partial charge in [-0.15, -0.1) is 0 Å². The van der Waals surface area contributed by atoms with Crippen LogP contribution in [-0.2, 0) is 16.1 Å². The number of amides is 2. The fourth-order valence-corrected chi connectivity index (χ4v) is 4.80. The van der Waals surface area contributed by atoms with Crippen molar-refractivity contribution in [2.45, 2.75) is 37.4 Å². The largest absolute Gasteiger partial charge is 0.350 e. The molecule has 1 fully saturated rings. The summed E-state index contributed by atoms with van der Waals surface area (Å²) in [4.78, 5) is 28.3. The second kappa shape index (κ2) is 10.6. The van der Waals surface area contributed by atoms with Crippen LogP contribution in [-0.4, -0.2) is 35.3 Å². The molecule has 3 aromatic rings. The summed E-state index contributed by atoms with van der Waals surface area (Å²) in [5.41, 5.74) is 7.30. The molecule has 1 heterocycles. The van der Waals surface area contributed by atoms with Crippen molar-refractivity contribution in [1.29, 1.82) is 0 Å². The molecule has 2 atom stereocenters. The molecule has 0 spiro atoms. The van der Waals surface area contributed by atoms with E-state index >= 15 is 0 Å². The zero-order chi connectivity index (χ0) is 23.2. The van der Waals surface area contributed by atoms with Gasteiger partial charge in [-0.3, -0.25) is 9.59 Å². The average molecular weight is 463 g/mol. The van der Waals surface area contributed by atoms with Crippen LogP contribution in [0.25, 0.3) is 0 Å². The molecular formula is C27H29ClN3O2+. The van der Waals surface area contributed by atoms with Crippen LogP contribution in [0.1, 0.15) is 35.4 Å². The van der Waals surface area contributed by atoms with Gasteiger partial charge >= 0.3 is 0 Å². The Morgan fingerprint density at radius 2 is 1.61 bits per heavy atom. The molecule has 33 heavy (non-hydrogen) atoms. The summed E-state index contributed by atoms with van der Waals surface area (Å²) < 4.78 is 0. The lowest BCUT2D eigenvalue weighted by molar-refractivity contribution is -0.409. The van der Waals surface area contributed by atoms with E-state index < -0.39 is 12.1 Å². The molecule has 6 heteroatoms. The first kappa shape index (κ1) is 23.0.